The van der Waals surface area contributed by atoms with E-state index < -0.39 is 5.97 Å². The zero-order valence-electron chi connectivity index (χ0n) is 18.6. The van der Waals surface area contributed by atoms with E-state index in [0.29, 0.717) is 21.3 Å². The molecule has 7 nitrogen and oxygen atoms in total. The predicted molar refractivity (Wildman–Crippen MR) is 124 cm³/mol. The van der Waals surface area contributed by atoms with Crippen LogP contribution in [0.25, 0.3) is 15.9 Å². The standard InChI is InChI=1S/C24H23N3O4S/c1-13-10-19(15(3)27(13)18-8-6-17(7-9-18)24(30)31-5)20(28)11-26-12-25-22-21(23(26)29)14(2)16(4)32-22/h6-10,12H,11H2,1-5H3. The van der Waals surface area contributed by atoms with E-state index >= 15 is 0 Å². The number of thiophene rings is 1. The highest BCUT2D eigenvalue weighted by Gasteiger charge is 2.19. The fraction of sp³-hybridized carbons (Fsp3) is 0.250. The number of fused-ring (bicyclic) bond motifs is 1. The van der Waals surface area contributed by atoms with E-state index in [4.69, 9.17) is 4.74 Å². The van der Waals surface area contributed by atoms with Crippen LogP contribution in [0.4, 0.5) is 0 Å². The molecule has 0 bridgehead atoms. The summed E-state index contributed by atoms with van der Waals surface area (Å²) in [6, 6.07) is 8.82. The van der Waals surface area contributed by atoms with Crippen LogP contribution in [0.3, 0.4) is 0 Å². The average Bonchev–Trinajstić information content (AvgIpc) is 3.24. The third kappa shape index (κ3) is 3.56. The third-order valence-corrected chi connectivity index (χ3v) is 6.86. The summed E-state index contributed by atoms with van der Waals surface area (Å²) in [5, 5.41) is 0.582. The number of aromatic nitrogens is 3. The Balaban J connectivity index is 1.67. The van der Waals surface area contributed by atoms with Crippen molar-refractivity contribution in [1.29, 1.82) is 0 Å². The number of hydrogen-bond donors (Lipinski definition) is 0. The molecule has 0 N–H and O–H groups in total. The van der Waals surface area contributed by atoms with Crippen molar-refractivity contribution in [2.24, 2.45) is 0 Å². The van der Waals surface area contributed by atoms with Gasteiger partial charge in [-0.25, -0.2) is 9.78 Å². The van der Waals surface area contributed by atoms with Gasteiger partial charge in [-0.05, 0) is 63.6 Å². The van der Waals surface area contributed by atoms with E-state index in [2.05, 4.69) is 4.98 Å². The number of Topliss-reactive ketones (excluding diaryl/α,β-unsaturated/α-hetero) is 1. The summed E-state index contributed by atoms with van der Waals surface area (Å²) in [6.45, 7) is 7.56. The summed E-state index contributed by atoms with van der Waals surface area (Å²) in [6.07, 6.45) is 1.45. The normalized spacial score (nSPS) is 11.2. The van der Waals surface area contributed by atoms with Crippen molar-refractivity contribution in [2.75, 3.05) is 7.11 Å². The number of carbonyl (C=O) groups is 2. The molecule has 0 spiro atoms. The van der Waals surface area contributed by atoms with Gasteiger partial charge in [0.1, 0.15) is 4.83 Å². The first-order chi connectivity index (χ1) is 15.2. The van der Waals surface area contributed by atoms with E-state index in [1.807, 2.05) is 50.5 Å². The van der Waals surface area contributed by atoms with Gasteiger partial charge in [0.2, 0.25) is 0 Å². The zero-order valence-corrected chi connectivity index (χ0v) is 19.4. The summed E-state index contributed by atoms with van der Waals surface area (Å²) < 4.78 is 8.07. The lowest BCUT2D eigenvalue weighted by Gasteiger charge is -2.11. The molecule has 0 amide bonds. The Kier molecular flexibility index (Phi) is 5.56. The number of nitrogens with zero attached hydrogens (tertiary/aromatic N) is 3. The van der Waals surface area contributed by atoms with Crippen LogP contribution in [-0.2, 0) is 11.3 Å². The lowest BCUT2D eigenvalue weighted by molar-refractivity contribution is 0.0600. The first-order valence-electron chi connectivity index (χ1n) is 10.1. The maximum absolute atomic E-state index is 13.1. The Morgan fingerprint density at radius 3 is 2.44 bits per heavy atom. The number of carbonyl (C=O) groups excluding carboxylic acids is 2. The minimum atomic E-state index is -0.402. The van der Waals surface area contributed by atoms with E-state index in [1.165, 1.54) is 29.3 Å². The van der Waals surface area contributed by atoms with Gasteiger partial charge in [0.05, 0.1) is 30.9 Å². The second kappa shape index (κ2) is 8.20. The van der Waals surface area contributed by atoms with Crippen molar-refractivity contribution in [3.05, 3.63) is 80.0 Å². The van der Waals surface area contributed by atoms with Crippen LogP contribution >= 0.6 is 11.3 Å². The number of ether oxygens (including phenoxy) is 1. The second-order valence-corrected chi connectivity index (χ2v) is 8.93. The van der Waals surface area contributed by atoms with Crippen LogP contribution in [0.15, 0.2) is 41.5 Å². The first kappa shape index (κ1) is 21.7. The topological polar surface area (TPSA) is 83.2 Å². The molecule has 0 radical (unpaired) electrons. The van der Waals surface area contributed by atoms with Gasteiger partial charge in [0.15, 0.2) is 5.78 Å². The van der Waals surface area contributed by atoms with Crippen molar-refractivity contribution in [1.82, 2.24) is 14.1 Å². The smallest absolute Gasteiger partial charge is 0.337 e. The molecule has 0 unspecified atom stereocenters. The third-order valence-electron chi connectivity index (χ3n) is 5.75. The lowest BCUT2D eigenvalue weighted by Crippen LogP contribution is -2.24. The molecule has 3 heterocycles. The molecule has 0 aliphatic heterocycles. The van der Waals surface area contributed by atoms with Gasteiger partial charge in [0.25, 0.3) is 5.56 Å². The molecule has 164 valence electrons. The summed E-state index contributed by atoms with van der Waals surface area (Å²) in [7, 11) is 1.34. The molecule has 8 heteroatoms. The van der Waals surface area contributed by atoms with Crippen LogP contribution in [0.1, 0.15) is 42.5 Å². The van der Waals surface area contributed by atoms with Crippen LogP contribution in [0.5, 0.6) is 0 Å². The largest absolute Gasteiger partial charge is 0.465 e. The SMILES string of the molecule is COC(=O)c1ccc(-n2c(C)cc(C(=O)Cn3cnc4sc(C)c(C)c4c3=O)c2C)cc1. The molecule has 3 aromatic heterocycles. The van der Waals surface area contributed by atoms with E-state index in [-0.39, 0.29) is 17.9 Å². The molecule has 0 saturated carbocycles. The average molecular weight is 450 g/mol. The molecule has 0 saturated heterocycles. The highest BCUT2D eigenvalue weighted by molar-refractivity contribution is 7.18. The molecular weight excluding hydrogens is 426 g/mol. The van der Waals surface area contributed by atoms with Gasteiger partial charge in [-0.15, -0.1) is 11.3 Å². The van der Waals surface area contributed by atoms with Gasteiger partial charge >= 0.3 is 5.97 Å². The highest BCUT2D eigenvalue weighted by Crippen LogP contribution is 2.26. The molecule has 32 heavy (non-hydrogen) atoms. The van der Waals surface area contributed by atoms with Gasteiger partial charge in [0, 0.05) is 27.5 Å². The zero-order chi connectivity index (χ0) is 23.2. The van der Waals surface area contributed by atoms with Crippen molar-refractivity contribution >= 4 is 33.3 Å². The van der Waals surface area contributed by atoms with Crippen molar-refractivity contribution in [3.8, 4) is 5.69 Å². The van der Waals surface area contributed by atoms with Crippen LogP contribution in [0, 0.1) is 27.7 Å². The Hall–Kier alpha value is -3.52. The molecule has 4 aromatic rings. The molecule has 0 atom stereocenters. The fourth-order valence-electron chi connectivity index (χ4n) is 3.93. The Labute approximate surface area is 188 Å². The number of ketones is 1. The van der Waals surface area contributed by atoms with Gasteiger partial charge < -0.3 is 9.30 Å². The summed E-state index contributed by atoms with van der Waals surface area (Å²) in [5.74, 6) is -0.566. The number of methoxy groups -OCH3 is 1. The number of benzene rings is 1. The van der Waals surface area contributed by atoms with E-state index in [1.54, 1.807) is 12.1 Å². The minimum absolute atomic E-state index is 0.0817. The number of hydrogen-bond acceptors (Lipinski definition) is 6. The second-order valence-electron chi connectivity index (χ2n) is 7.72. The minimum Gasteiger partial charge on any atom is -0.465 e. The molecule has 0 aliphatic carbocycles. The van der Waals surface area contributed by atoms with Gasteiger partial charge in [-0.1, -0.05) is 0 Å². The summed E-state index contributed by atoms with van der Waals surface area (Å²) >= 11 is 1.48. The first-order valence-corrected chi connectivity index (χ1v) is 10.9. The van der Waals surface area contributed by atoms with Crippen molar-refractivity contribution in [3.63, 3.8) is 0 Å². The molecule has 0 aliphatic rings. The quantitative estimate of drug-likeness (QED) is 0.338. The van der Waals surface area contributed by atoms with Crippen molar-refractivity contribution in [2.45, 2.75) is 34.2 Å². The van der Waals surface area contributed by atoms with Crippen LogP contribution in [0.2, 0.25) is 0 Å². The molecule has 4 rings (SSSR count). The Morgan fingerprint density at radius 2 is 1.78 bits per heavy atom. The molecular formula is C24H23N3O4S. The molecule has 0 fully saturated rings. The maximum Gasteiger partial charge on any atom is 0.337 e. The number of rotatable bonds is 5. The Morgan fingerprint density at radius 1 is 1.09 bits per heavy atom. The maximum atomic E-state index is 13.1. The van der Waals surface area contributed by atoms with E-state index in [0.717, 1.165) is 27.5 Å². The van der Waals surface area contributed by atoms with Gasteiger partial charge in [-0.2, -0.15) is 0 Å². The molecule has 1 aromatic carbocycles. The Bertz CT molecular complexity index is 1420. The van der Waals surface area contributed by atoms with Crippen LogP contribution < -0.4 is 5.56 Å². The van der Waals surface area contributed by atoms with Gasteiger partial charge in [-0.3, -0.25) is 14.2 Å². The summed E-state index contributed by atoms with van der Waals surface area (Å²) in [5.41, 5.74) is 4.19. The lowest BCUT2D eigenvalue weighted by atomic mass is 10.1. The summed E-state index contributed by atoms with van der Waals surface area (Å²) in [4.78, 5) is 43.9. The van der Waals surface area contributed by atoms with E-state index in [9.17, 15) is 14.4 Å². The van der Waals surface area contributed by atoms with Crippen molar-refractivity contribution < 1.29 is 14.3 Å². The number of esters is 1. The fourth-order valence-corrected chi connectivity index (χ4v) is 4.92. The number of aryl methyl sites for hydroxylation is 3. The highest BCUT2D eigenvalue weighted by atomic mass is 32.1. The van der Waals surface area contributed by atoms with Crippen LogP contribution in [-0.4, -0.2) is 33.0 Å². The predicted octanol–water partition coefficient (Wildman–Crippen LogP) is 4.15. The monoisotopic (exact) mass is 449 g/mol.